The number of hydrogen-bond acceptors (Lipinski definition) is 2. The van der Waals surface area contributed by atoms with E-state index in [0.717, 1.165) is 0 Å². The number of carboxylic acid groups (broad SMARTS) is 1. The number of urea groups is 1. The molecule has 5 heteroatoms. The Morgan fingerprint density at radius 2 is 1.88 bits per heavy atom. The van der Waals surface area contributed by atoms with E-state index in [2.05, 4.69) is 10.6 Å². The summed E-state index contributed by atoms with van der Waals surface area (Å²) in [6, 6.07) is -0.371. The van der Waals surface area contributed by atoms with Crippen LogP contribution in [0.15, 0.2) is 0 Å². The van der Waals surface area contributed by atoms with Crippen molar-refractivity contribution in [1.82, 2.24) is 10.6 Å². The monoisotopic (exact) mass is 230 g/mol. The van der Waals surface area contributed by atoms with Crippen LogP contribution in [-0.2, 0) is 4.79 Å². The van der Waals surface area contributed by atoms with E-state index in [9.17, 15) is 9.59 Å². The van der Waals surface area contributed by atoms with E-state index in [1.165, 1.54) is 0 Å². The second-order valence-electron chi connectivity index (χ2n) is 5.22. The zero-order valence-corrected chi connectivity index (χ0v) is 10.5. The lowest BCUT2D eigenvalue weighted by molar-refractivity contribution is -0.137. The van der Waals surface area contributed by atoms with E-state index in [1.54, 1.807) is 6.92 Å². The highest BCUT2D eigenvalue weighted by Gasteiger charge is 2.13. The van der Waals surface area contributed by atoms with Gasteiger partial charge in [-0.1, -0.05) is 20.8 Å². The number of carboxylic acids is 1. The van der Waals surface area contributed by atoms with E-state index < -0.39 is 5.97 Å². The minimum atomic E-state index is -0.844. The summed E-state index contributed by atoms with van der Waals surface area (Å²) in [5.41, 5.74) is 0.0433. The molecule has 0 saturated heterocycles. The molecule has 0 aliphatic rings. The quantitative estimate of drug-likeness (QED) is 0.671. The molecule has 5 nitrogen and oxygen atoms in total. The molecule has 0 aliphatic heterocycles. The normalized spacial score (nSPS) is 13.0. The van der Waals surface area contributed by atoms with Crippen molar-refractivity contribution in [1.29, 1.82) is 0 Å². The molecule has 1 unspecified atom stereocenters. The first-order valence-corrected chi connectivity index (χ1v) is 5.47. The summed E-state index contributed by atoms with van der Waals surface area (Å²) in [5.74, 6) is -0.844. The van der Waals surface area contributed by atoms with Crippen molar-refractivity contribution in [2.45, 2.75) is 46.6 Å². The van der Waals surface area contributed by atoms with Crippen molar-refractivity contribution >= 4 is 12.0 Å². The average Bonchev–Trinajstić information content (AvgIpc) is 2.10. The molecule has 1 atom stereocenters. The zero-order chi connectivity index (χ0) is 12.8. The van der Waals surface area contributed by atoms with Crippen molar-refractivity contribution < 1.29 is 14.7 Å². The van der Waals surface area contributed by atoms with Crippen molar-refractivity contribution in [3.05, 3.63) is 0 Å². The van der Waals surface area contributed by atoms with E-state index in [-0.39, 0.29) is 23.9 Å². The van der Waals surface area contributed by atoms with E-state index >= 15 is 0 Å². The van der Waals surface area contributed by atoms with Crippen molar-refractivity contribution in [3.8, 4) is 0 Å². The molecule has 2 amide bonds. The Hall–Kier alpha value is -1.26. The maximum atomic E-state index is 11.4. The summed E-state index contributed by atoms with van der Waals surface area (Å²) >= 11 is 0. The van der Waals surface area contributed by atoms with Crippen LogP contribution in [0, 0.1) is 5.41 Å². The van der Waals surface area contributed by atoms with E-state index in [1.807, 2.05) is 20.8 Å². The summed E-state index contributed by atoms with van der Waals surface area (Å²) in [7, 11) is 0. The van der Waals surface area contributed by atoms with Gasteiger partial charge in [-0.15, -0.1) is 0 Å². The smallest absolute Gasteiger partial charge is 0.315 e. The molecule has 0 aromatic carbocycles. The first-order chi connectivity index (χ1) is 7.20. The van der Waals surface area contributed by atoms with Crippen LogP contribution < -0.4 is 10.6 Å². The molecule has 16 heavy (non-hydrogen) atoms. The van der Waals surface area contributed by atoms with Gasteiger partial charge in [0.15, 0.2) is 0 Å². The summed E-state index contributed by atoms with van der Waals surface area (Å²) < 4.78 is 0. The lowest BCUT2D eigenvalue weighted by Gasteiger charge is -2.20. The Morgan fingerprint density at radius 3 is 2.31 bits per heavy atom. The van der Waals surface area contributed by atoms with Crippen LogP contribution in [0.2, 0.25) is 0 Å². The number of nitrogens with one attached hydrogen (secondary N) is 2. The first kappa shape index (κ1) is 14.7. The van der Waals surface area contributed by atoms with Gasteiger partial charge in [-0.05, 0) is 18.8 Å². The van der Waals surface area contributed by atoms with Gasteiger partial charge in [-0.3, -0.25) is 4.79 Å². The average molecular weight is 230 g/mol. The molecular formula is C11H22N2O3. The maximum absolute atomic E-state index is 11.4. The fraction of sp³-hybridized carbons (Fsp3) is 0.818. The summed E-state index contributed by atoms with van der Waals surface area (Å²) in [4.78, 5) is 21.7. The minimum absolute atomic E-state index is 0.0433. The highest BCUT2D eigenvalue weighted by molar-refractivity contribution is 5.74. The summed E-state index contributed by atoms with van der Waals surface area (Å²) in [5, 5.41) is 13.9. The second kappa shape index (κ2) is 6.35. The van der Waals surface area contributed by atoms with Gasteiger partial charge >= 0.3 is 12.0 Å². The lowest BCUT2D eigenvalue weighted by Crippen LogP contribution is -2.43. The van der Waals surface area contributed by atoms with Crippen LogP contribution in [0.1, 0.15) is 40.5 Å². The predicted molar refractivity (Wildman–Crippen MR) is 62.3 cm³/mol. The van der Waals surface area contributed by atoms with Gasteiger partial charge in [-0.25, -0.2) is 4.79 Å². The topological polar surface area (TPSA) is 78.4 Å². The molecule has 3 N–H and O–H groups in total. The number of amides is 2. The van der Waals surface area contributed by atoms with Crippen molar-refractivity contribution in [2.75, 3.05) is 6.54 Å². The molecule has 0 spiro atoms. The Bertz CT molecular complexity index is 246. The van der Waals surface area contributed by atoms with Gasteiger partial charge in [0, 0.05) is 19.0 Å². The van der Waals surface area contributed by atoms with Crippen LogP contribution in [0.5, 0.6) is 0 Å². The van der Waals surface area contributed by atoms with Crippen molar-refractivity contribution in [3.63, 3.8) is 0 Å². The molecule has 0 heterocycles. The van der Waals surface area contributed by atoms with Gasteiger partial charge in [0.25, 0.3) is 0 Å². The summed E-state index contributed by atoms with van der Waals surface area (Å²) in [6.45, 7) is 8.47. The molecule has 0 aliphatic carbocycles. The largest absolute Gasteiger partial charge is 0.481 e. The van der Waals surface area contributed by atoms with Crippen LogP contribution >= 0.6 is 0 Å². The number of aliphatic carboxylic acids is 1. The first-order valence-electron chi connectivity index (χ1n) is 5.47. The van der Waals surface area contributed by atoms with Gasteiger partial charge in [0.05, 0.1) is 0 Å². The standard InChI is InChI=1S/C11H22N2O3/c1-8(5-6-9(14)15)13-10(16)12-7-11(2,3)4/h8H,5-7H2,1-4H3,(H,14,15)(H2,12,13,16). The highest BCUT2D eigenvalue weighted by atomic mass is 16.4. The van der Waals surface area contributed by atoms with Crippen LogP contribution in [0.25, 0.3) is 0 Å². The van der Waals surface area contributed by atoms with Gasteiger partial charge in [-0.2, -0.15) is 0 Å². The number of carbonyl (C=O) groups excluding carboxylic acids is 1. The maximum Gasteiger partial charge on any atom is 0.315 e. The minimum Gasteiger partial charge on any atom is -0.481 e. The zero-order valence-electron chi connectivity index (χ0n) is 10.5. The Balaban J connectivity index is 3.74. The number of carbonyl (C=O) groups is 2. The van der Waals surface area contributed by atoms with E-state index in [0.29, 0.717) is 13.0 Å². The van der Waals surface area contributed by atoms with Crippen LogP contribution in [-0.4, -0.2) is 29.7 Å². The number of rotatable bonds is 5. The highest BCUT2D eigenvalue weighted by Crippen LogP contribution is 2.09. The molecule has 0 bridgehead atoms. The number of hydrogen-bond donors (Lipinski definition) is 3. The van der Waals surface area contributed by atoms with Crippen molar-refractivity contribution in [2.24, 2.45) is 5.41 Å². The third-order valence-corrected chi connectivity index (χ3v) is 1.95. The fourth-order valence-corrected chi connectivity index (χ4v) is 1.03. The third-order valence-electron chi connectivity index (χ3n) is 1.95. The van der Waals surface area contributed by atoms with E-state index in [4.69, 9.17) is 5.11 Å². The molecule has 0 aromatic rings. The summed E-state index contributed by atoms with van der Waals surface area (Å²) in [6.07, 6.45) is 0.513. The van der Waals surface area contributed by atoms with Gasteiger partial charge in [0.2, 0.25) is 0 Å². The fourth-order valence-electron chi connectivity index (χ4n) is 1.03. The molecule has 94 valence electrons. The molecule has 0 saturated carbocycles. The Morgan fingerprint density at radius 1 is 1.31 bits per heavy atom. The second-order valence-corrected chi connectivity index (χ2v) is 5.22. The third kappa shape index (κ3) is 9.30. The van der Waals surface area contributed by atoms with Crippen LogP contribution in [0.4, 0.5) is 4.79 Å². The van der Waals surface area contributed by atoms with Gasteiger partial charge < -0.3 is 15.7 Å². The van der Waals surface area contributed by atoms with Crippen LogP contribution in [0.3, 0.4) is 0 Å². The Labute approximate surface area is 96.6 Å². The van der Waals surface area contributed by atoms with Gasteiger partial charge in [0.1, 0.15) is 0 Å². The molecule has 0 aromatic heterocycles. The molecule has 0 radical (unpaired) electrons. The Kier molecular flexibility index (Phi) is 5.85. The SMILES string of the molecule is CC(CCC(=O)O)NC(=O)NCC(C)(C)C. The lowest BCUT2D eigenvalue weighted by atomic mass is 9.97. The molecular weight excluding hydrogens is 208 g/mol. The molecule has 0 rings (SSSR count). The molecule has 0 fully saturated rings. The predicted octanol–water partition coefficient (Wildman–Crippen LogP) is 1.58.